The van der Waals surface area contributed by atoms with Crippen LogP contribution in [0.4, 0.5) is 0 Å². The Morgan fingerprint density at radius 3 is 2.86 bits per heavy atom. The van der Waals surface area contributed by atoms with Gasteiger partial charge in [0.25, 0.3) is 11.5 Å². The predicted molar refractivity (Wildman–Crippen MR) is 88.5 cm³/mol. The highest BCUT2D eigenvalue weighted by molar-refractivity contribution is 7.20. The quantitative estimate of drug-likeness (QED) is 0.925. The second-order valence-electron chi connectivity index (χ2n) is 6.80. The van der Waals surface area contributed by atoms with E-state index >= 15 is 0 Å². The molecule has 1 fully saturated rings. The van der Waals surface area contributed by atoms with Crippen molar-refractivity contribution in [3.05, 3.63) is 27.1 Å². The molecule has 5 nitrogen and oxygen atoms in total. The van der Waals surface area contributed by atoms with Gasteiger partial charge in [0.15, 0.2) is 0 Å². The molecule has 0 radical (unpaired) electrons. The first-order chi connectivity index (χ1) is 10.3. The van der Waals surface area contributed by atoms with Crippen molar-refractivity contribution in [1.82, 2.24) is 14.9 Å². The van der Waals surface area contributed by atoms with Crippen LogP contribution in [0.1, 0.15) is 48.3 Å². The van der Waals surface area contributed by atoms with E-state index in [1.807, 2.05) is 6.92 Å². The minimum absolute atomic E-state index is 0.0810. The van der Waals surface area contributed by atoms with Crippen LogP contribution in [0.25, 0.3) is 10.2 Å². The number of thiophene rings is 1. The van der Waals surface area contributed by atoms with Crippen molar-refractivity contribution in [2.75, 3.05) is 0 Å². The Morgan fingerprint density at radius 1 is 1.50 bits per heavy atom. The molecule has 3 rings (SSSR count). The van der Waals surface area contributed by atoms with Gasteiger partial charge in [0.1, 0.15) is 4.83 Å². The first-order valence-corrected chi connectivity index (χ1v) is 8.38. The van der Waals surface area contributed by atoms with Crippen molar-refractivity contribution < 1.29 is 4.79 Å². The summed E-state index contributed by atoms with van der Waals surface area (Å²) in [6, 6.07) is 0.195. The molecule has 0 saturated heterocycles. The van der Waals surface area contributed by atoms with Crippen molar-refractivity contribution in [2.24, 2.45) is 12.5 Å². The molecule has 6 heteroatoms. The number of hydrogen-bond acceptors (Lipinski definition) is 4. The number of rotatable bonds is 2. The third-order valence-electron chi connectivity index (χ3n) is 4.78. The summed E-state index contributed by atoms with van der Waals surface area (Å²) in [5.74, 6) is -0.0810. The van der Waals surface area contributed by atoms with Gasteiger partial charge in [-0.3, -0.25) is 9.59 Å². The second kappa shape index (κ2) is 5.19. The first kappa shape index (κ1) is 15.2. The Labute approximate surface area is 133 Å². The van der Waals surface area contributed by atoms with Crippen LogP contribution < -0.4 is 10.9 Å². The van der Waals surface area contributed by atoms with E-state index in [9.17, 15) is 9.59 Å². The van der Waals surface area contributed by atoms with Crippen molar-refractivity contribution in [2.45, 2.75) is 46.1 Å². The fourth-order valence-electron chi connectivity index (χ4n) is 3.24. The van der Waals surface area contributed by atoms with Gasteiger partial charge < -0.3 is 9.88 Å². The summed E-state index contributed by atoms with van der Waals surface area (Å²) in [5.41, 5.74) is 0.773. The molecule has 118 valence electrons. The van der Waals surface area contributed by atoms with Crippen LogP contribution in [0.2, 0.25) is 0 Å². The smallest absolute Gasteiger partial charge is 0.262 e. The van der Waals surface area contributed by atoms with E-state index in [1.165, 1.54) is 22.2 Å². The molecule has 0 aliphatic heterocycles. The van der Waals surface area contributed by atoms with Crippen LogP contribution >= 0.6 is 11.3 Å². The summed E-state index contributed by atoms with van der Waals surface area (Å²) >= 11 is 1.30. The topological polar surface area (TPSA) is 64.0 Å². The normalized spacial score (nSPS) is 20.5. The molecule has 0 aromatic carbocycles. The minimum atomic E-state index is -0.0982. The Bertz CT molecular complexity index is 804. The Morgan fingerprint density at radius 2 is 2.23 bits per heavy atom. The average molecular weight is 319 g/mol. The molecule has 0 bridgehead atoms. The number of carbonyl (C=O) groups is 1. The Kier molecular flexibility index (Phi) is 3.59. The molecular weight excluding hydrogens is 298 g/mol. The van der Waals surface area contributed by atoms with E-state index in [2.05, 4.69) is 24.1 Å². The molecule has 1 N–H and O–H groups in total. The number of nitrogens with one attached hydrogen (secondary N) is 1. The van der Waals surface area contributed by atoms with Gasteiger partial charge in [-0.05, 0) is 30.7 Å². The highest BCUT2D eigenvalue weighted by atomic mass is 32.1. The van der Waals surface area contributed by atoms with E-state index in [4.69, 9.17) is 0 Å². The SMILES string of the molecule is Cc1c(C(=O)NC2CCCC2(C)C)sc2ncn(C)c(=O)c12. The molecule has 2 aromatic heterocycles. The fraction of sp³-hybridized carbons (Fsp3) is 0.562. The molecule has 1 saturated carbocycles. The number of aryl methyl sites for hydroxylation is 2. The van der Waals surface area contributed by atoms with E-state index < -0.39 is 0 Å². The maximum Gasteiger partial charge on any atom is 0.262 e. The molecule has 1 aliphatic rings. The van der Waals surface area contributed by atoms with Gasteiger partial charge in [0.05, 0.1) is 16.6 Å². The summed E-state index contributed by atoms with van der Waals surface area (Å²) in [6.45, 7) is 6.22. The number of aromatic nitrogens is 2. The monoisotopic (exact) mass is 319 g/mol. The van der Waals surface area contributed by atoms with Crippen LogP contribution in [-0.2, 0) is 7.05 Å². The van der Waals surface area contributed by atoms with Crippen LogP contribution in [0, 0.1) is 12.3 Å². The summed E-state index contributed by atoms with van der Waals surface area (Å²) in [4.78, 5) is 30.4. The molecule has 1 aliphatic carbocycles. The molecule has 0 spiro atoms. The van der Waals surface area contributed by atoms with E-state index in [-0.39, 0.29) is 22.9 Å². The first-order valence-electron chi connectivity index (χ1n) is 7.57. The molecule has 2 heterocycles. The fourth-order valence-corrected chi connectivity index (χ4v) is 4.29. The van der Waals surface area contributed by atoms with Crippen LogP contribution in [-0.4, -0.2) is 21.5 Å². The van der Waals surface area contributed by atoms with Crippen LogP contribution in [0.15, 0.2) is 11.1 Å². The highest BCUT2D eigenvalue weighted by Gasteiger charge is 2.36. The number of hydrogen-bond donors (Lipinski definition) is 1. The summed E-state index contributed by atoms with van der Waals surface area (Å²) < 4.78 is 1.45. The number of nitrogens with zero attached hydrogens (tertiary/aromatic N) is 2. The molecular formula is C16H21N3O2S. The number of amides is 1. The standard InChI is InChI=1S/C16H21N3O2S/c1-9-11-14(17-8-19(4)15(11)21)22-12(9)13(20)18-10-6-5-7-16(10,2)3/h8,10H,5-7H2,1-4H3,(H,18,20). The molecule has 1 unspecified atom stereocenters. The molecule has 22 heavy (non-hydrogen) atoms. The van der Waals surface area contributed by atoms with Gasteiger partial charge >= 0.3 is 0 Å². The van der Waals surface area contributed by atoms with Gasteiger partial charge in [0, 0.05) is 13.1 Å². The van der Waals surface area contributed by atoms with Crippen molar-refractivity contribution in [3.8, 4) is 0 Å². The zero-order chi connectivity index (χ0) is 16.1. The molecule has 1 atom stereocenters. The second-order valence-corrected chi connectivity index (χ2v) is 7.80. The average Bonchev–Trinajstić information content (AvgIpc) is 2.95. The summed E-state index contributed by atoms with van der Waals surface area (Å²) in [6.07, 6.45) is 4.79. The third kappa shape index (κ3) is 2.35. The van der Waals surface area contributed by atoms with Crippen molar-refractivity contribution in [1.29, 1.82) is 0 Å². The van der Waals surface area contributed by atoms with Gasteiger partial charge in [-0.15, -0.1) is 11.3 Å². The Hall–Kier alpha value is -1.69. The lowest BCUT2D eigenvalue weighted by Crippen LogP contribution is -2.41. The zero-order valence-corrected chi connectivity index (χ0v) is 14.2. The zero-order valence-electron chi connectivity index (χ0n) is 13.4. The number of fused-ring (bicyclic) bond motifs is 1. The van der Waals surface area contributed by atoms with Crippen LogP contribution in [0.5, 0.6) is 0 Å². The van der Waals surface area contributed by atoms with Gasteiger partial charge in [-0.25, -0.2) is 4.98 Å². The molecule has 2 aromatic rings. The van der Waals surface area contributed by atoms with Crippen molar-refractivity contribution in [3.63, 3.8) is 0 Å². The number of carbonyl (C=O) groups excluding carboxylic acids is 1. The lowest BCUT2D eigenvalue weighted by Gasteiger charge is -2.27. The van der Waals surface area contributed by atoms with Crippen molar-refractivity contribution >= 4 is 27.5 Å². The highest BCUT2D eigenvalue weighted by Crippen LogP contribution is 2.37. The predicted octanol–water partition coefficient (Wildman–Crippen LogP) is 2.61. The van der Waals surface area contributed by atoms with Gasteiger partial charge in [-0.1, -0.05) is 20.3 Å². The Balaban J connectivity index is 1.97. The van der Waals surface area contributed by atoms with E-state index in [0.29, 0.717) is 15.1 Å². The summed E-state index contributed by atoms with van der Waals surface area (Å²) in [5, 5.41) is 3.72. The van der Waals surface area contributed by atoms with Crippen LogP contribution in [0.3, 0.4) is 0 Å². The minimum Gasteiger partial charge on any atom is -0.348 e. The largest absolute Gasteiger partial charge is 0.348 e. The maximum atomic E-state index is 12.6. The van der Waals surface area contributed by atoms with Gasteiger partial charge in [-0.2, -0.15) is 0 Å². The third-order valence-corrected chi connectivity index (χ3v) is 5.98. The lowest BCUT2D eigenvalue weighted by molar-refractivity contribution is 0.0913. The molecule has 1 amide bonds. The lowest BCUT2D eigenvalue weighted by atomic mass is 9.87. The van der Waals surface area contributed by atoms with E-state index in [0.717, 1.165) is 24.8 Å². The summed E-state index contributed by atoms with van der Waals surface area (Å²) in [7, 11) is 1.67. The van der Waals surface area contributed by atoms with Gasteiger partial charge in [0.2, 0.25) is 0 Å². The maximum absolute atomic E-state index is 12.6. The van der Waals surface area contributed by atoms with E-state index in [1.54, 1.807) is 7.05 Å².